The van der Waals surface area contributed by atoms with Crippen molar-refractivity contribution in [2.24, 2.45) is 0 Å². The number of ether oxygens (including phenoxy) is 2. The molecular formula is C11H10O5. The van der Waals surface area contributed by atoms with Crippen molar-refractivity contribution in [2.75, 3.05) is 13.9 Å². The fourth-order valence-corrected chi connectivity index (χ4v) is 1.38. The van der Waals surface area contributed by atoms with E-state index < -0.39 is 11.4 Å². The number of benzene rings is 1. The number of hydrogen-bond acceptors (Lipinski definition) is 5. The summed E-state index contributed by atoms with van der Waals surface area (Å²) < 4.78 is 14.8. The molecule has 0 bridgehead atoms. The first-order valence-corrected chi connectivity index (χ1v) is 4.60. The molecular weight excluding hydrogens is 212 g/mol. The minimum Gasteiger partial charge on any atom is -0.499 e. The molecule has 0 saturated heterocycles. The van der Waals surface area contributed by atoms with Crippen LogP contribution < -0.4 is 10.4 Å². The Hall–Kier alpha value is -2.01. The van der Waals surface area contributed by atoms with Gasteiger partial charge in [-0.15, -0.1) is 0 Å². The molecule has 0 aliphatic rings. The van der Waals surface area contributed by atoms with Crippen LogP contribution in [0.2, 0.25) is 0 Å². The van der Waals surface area contributed by atoms with Gasteiger partial charge >= 0.3 is 5.63 Å². The summed E-state index contributed by atoms with van der Waals surface area (Å²) in [5.74, 6) is -0.468. The molecule has 0 saturated carbocycles. The van der Waals surface area contributed by atoms with E-state index in [1.807, 2.05) is 0 Å². The van der Waals surface area contributed by atoms with Crippen molar-refractivity contribution < 1.29 is 19.0 Å². The molecule has 2 rings (SSSR count). The molecule has 1 N–H and O–H groups in total. The molecule has 0 spiro atoms. The van der Waals surface area contributed by atoms with E-state index in [1.54, 1.807) is 24.3 Å². The molecule has 0 amide bonds. The smallest absolute Gasteiger partial charge is 0.382 e. The number of hydrogen-bond donors (Lipinski definition) is 1. The summed E-state index contributed by atoms with van der Waals surface area (Å²) in [5, 5.41) is 10.1. The Balaban J connectivity index is 2.66. The first kappa shape index (κ1) is 10.5. The highest BCUT2D eigenvalue weighted by Gasteiger charge is 2.14. The lowest BCUT2D eigenvalue weighted by molar-refractivity contribution is 0.0498. The van der Waals surface area contributed by atoms with Gasteiger partial charge in [-0.25, -0.2) is 4.79 Å². The summed E-state index contributed by atoms with van der Waals surface area (Å²) in [5.41, 5.74) is -0.471. The van der Waals surface area contributed by atoms with E-state index in [0.29, 0.717) is 11.0 Å². The van der Waals surface area contributed by atoms with Gasteiger partial charge in [0.2, 0.25) is 5.75 Å². The van der Waals surface area contributed by atoms with Gasteiger partial charge in [0, 0.05) is 7.11 Å². The zero-order chi connectivity index (χ0) is 11.5. The molecule has 0 fully saturated rings. The molecule has 2 aromatic rings. The first-order valence-electron chi connectivity index (χ1n) is 4.60. The van der Waals surface area contributed by atoms with E-state index in [2.05, 4.69) is 0 Å². The minimum atomic E-state index is -0.829. The van der Waals surface area contributed by atoms with Gasteiger partial charge in [0.25, 0.3) is 0 Å². The van der Waals surface area contributed by atoms with Gasteiger partial charge in [-0.2, -0.15) is 0 Å². The van der Waals surface area contributed by atoms with Crippen molar-refractivity contribution in [2.45, 2.75) is 0 Å². The number of aromatic hydroxyl groups is 1. The van der Waals surface area contributed by atoms with Crippen LogP contribution in [0.3, 0.4) is 0 Å². The highest BCUT2D eigenvalue weighted by Crippen LogP contribution is 2.31. The zero-order valence-corrected chi connectivity index (χ0v) is 8.60. The third kappa shape index (κ3) is 1.72. The Labute approximate surface area is 90.8 Å². The number of rotatable bonds is 3. The van der Waals surface area contributed by atoms with Crippen molar-refractivity contribution in [3.8, 4) is 11.5 Å². The maximum Gasteiger partial charge on any atom is 0.382 e. The van der Waals surface area contributed by atoms with E-state index >= 15 is 0 Å². The fourth-order valence-electron chi connectivity index (χ4n) is 1.38. The molecule has 0 radical (unpaired) electrons. The largest absolute Gasteiger partial charge is 0.499 e. The molecule has 0 atom stereocenters. The van der Waals surface area contributed by atoms with Crippen molar-refractivity contribution >= 4 is 11.0 Å². The van der Waals surface area contributed by atoms with Crippen LogP contribution in [0.4, 0.5) is 0 Å². The van der Waals surface area contributed by atoms with Crippen LogP contribution in [0.25, 0.3) is 11.0 Å². The molecule has 0 aliphatic carbocycles. The van der Waals surface area contributed by atoms with Gasteiger partial charge in [-0.05, 0) is 12.1 Å². The molecule has 16 heavy (non-hydrogen) atoms. The van der Waals surface area contributed by atoms with Crippen LogP contribution in [0.5, 0.6) is 11.5 Å². The average Bonchev–Trinajstić information content (AvgIpc) is 2.30. The molecule has 0 unspecified atom stereocenters. The number of fused-ring (bicyclic) bond motifs is 1. The maximum atomic E-state index is 11.3. The summed E-state index contributed by atoms with van der Waals surface area (Å²) >= 11 is 0. The quantitative estimate of drug-likeness (QED) is 0.629. The lowest BCUT2D eigenvalue weighted by atomic mass is 10.2. The third-order valence-corrected chi connectivity index (χ3v) is 2.06. The van der Waals surface area contributed by atoms with Gasteiger partial charge in [-0.1, -0.05) is 12.1 Å². The molecule has 1 aromatic heterocycles. The number of para-hydroxylation sites is 1. The first-order chi connectivity index (χ1) is 7.74. The molecule has 1 heterocycles. The standard InChI is InChI=1S/C11H10O5/c1-14-6-15-10-7-4-2-3-5-8(7)16-11(13)9(10)12/h2-5,12H,6H2,1H3. The van der Waals surface area contributed by atoms with Crippen molar-refractivity contribution in [3.63, 3.8) is 0 Å². The van der Waals surface area contributed by atoms with E-state index in [9.17, 15) is 9.90 Å². The van der Waals surface area contributed by atoms with Crippen LogP contribution in [-0.2, 0) is 4.74 Å². The highest BCUT2D eigenvalue weighted by molar-refractivity contribution is 5.85. The van der Waals surface area contributed by atoms with E-state index in [1.165, 1.54) is 7.11 Å². The Morgan fingerprint density at radius 2 is 2.12 bits per heavy atom. The van der Waals surface area contributed by atoms with Crippen LogP contribution in [0.15, 0.2) is 33.5 Å². The second-order valence-electron chi connectivity index (χ2n) is 3.11. The fraction of sp³-hybridized carbons (Fsp3) is 0.182. The highest BCUT2D eigenvalue weighted by atomic mass is 16.7. The molecule has 5 heteroatoms. The van der Waals surface area contributed by atoms with Crippen molar-refractivity contribution in [1.29, 1.82) is 0 Å². The Morgan fingerprint density at radius 1 is 1.38 bits per heavy atom. The van der Waals surface area contributed by atoms with E-state index in [4.69, 9.17) is 13.9 Å². The summed E-state index contributed by atoms with van der Waals surface area (Å²) in [6, 6.07) is 6.78. The van der Waals surface area contributed by atoms with Crippen LogP contribution in [0, 0.1) is 0 Å². The predicted octanol–water partition coefficient (Wildman–Crippen LogP) is 1.48. The van der Waals surface area contributed by atoms with Gasteiger partial charge in [0.15, 0.2) is 12.5 Å². The molecule has 1 aromatic carbocycles. The van der Waals surface area contributed by atoms with Crippen molar-refractivity contribution in [1.82, 2.24) is 0 Å². The predicted molar refractivity (Wildman–Crippen MR) is 56.7 cm³/mol. The zero-order valence-electron chi connectivity index (χ0n) is 8.60. The topological polar surface area (TPSA) is 68.9 Å². The average molecular weight is 222 g/mol. The Kier molecular flexibility index (Phi) is 2.78. The summed E-state index contributed by atoms with van der Waals surface area (Å²) in [4.78, 5) is 11.3. The lowest BCUT2D eigenvalue weighted by Gasteiger charge is -2.08. The molecule has 5 nitrogen and oxygen atoms in total. The summed E-state index contributed by atoms with van der Waals surface area (Å²) in [7, 11) is 1.45. The van der Waals surface area contributed by atoms with E-state index in [-0.39, 0.29) is 12.5 Å². The van der Waals surface area contributed by atoms with Gasteiger partial charge in [0.1, 0.15) is 5.58 Å². The van der Waals surface area contributed by atoms with Crippen molar-refractivity contribution in [3.05, 3.63) is 34.7 Å². The Bertz CT molecular complexity index is 558. The monoisotopic (exact) mass is 222 g/mol. The Morgan fingerprint density at radius 3 is 2.88 bits per heavy atom. The van der Waals surface area contributed by atoms with Gasteiger partial charge in [-0.3, -0.25) is 0 Å². The van der Waals surface area contributed by atoms with Crippen LogP contribution in [0.1, 0.15) is 0 Å². The SMILES string of the molecule is COCOc1c(O)c(=O)oc2ccccc12. The number of methoxy groups -OCH3 is 1. The molecule has 0 aliphatic heterocycles. The van der Waals surface area contributed by atoms with Crippen LogP contribution >= 0.6 is 0 Å². The summed E-state index contributed by atoms with van der Waals surface area (Å²) in [6.07, 6.45) is 0. The molecule has 84 valence electrons. The second-order valence-corrected chi connectivity index (χ2v) is 3.11. The lowest BCUT2D eigenvalue weighted by Crippen LogP contribution is -2.05. The van der Waals surface area contributed by atoms with Crippen LogP contribution in [-0.4, -0.2) is 19.0 Å². The maximum absolute atomic E-state index is 11.3. The van der Waals surface area contributed by atoms with Gasteiger partial charge < -0.3 is 19.0 Å². The van der Waals surface area contributed by atoms with E-state index in [0.717, 1.165) is 0 Å². The third-order valence-electron chi connectivity index (χ3n) is 2.06. The minimum absolute atomic E-state index is 0.0546. The normalized spacial score (nSPS) is 10.6. The van der Waals surface area contributed by atoms with Gasteiger partial charge in [0.05, 0.1) is 5.39 Å². The second kappa shape index (κ2) is 4.24. The summed E-state index contributed by atoms with van der Waals surface area (Å²) in [6.45, 7) is -0.0546.